The largest absolute Gasteiger partial charge is 0.379 e. The van der Waals surface area contributed by atoms with Crippen molar-refractivity contribution in [2.45, 2.75) is 51.3 Å². The molecule has 184 valence electrons. The third-order valence-electron chi connectivity index (χ3n) is 8.33. The van der Waals surface area contributed by atoms with Crippen molar-refractivity contribution >= 4 is 30.4 Å². The number of rotatable bonds is 6. The second-order valence-electron chi connectivity index (χ2n) is 10.6. The first kappa shape index (κ1) is 23.7. The molecule has 4 heterocycles. The number of hydrogen-bond acceptors (Lipinski definition) is 5. The van der Waals surface area contributed by atoms with Gasteiger partial charge >= 0.3 is 0 Å². The summed E-state index contributed by atoms with van der Waals surface area (Å²) in [5.41, 5.74) is 3.21. The summed E-state index contributed by atoms with van der Waals surface area (Å²) in [7, 11) is 1.28. The number of pyridine rings is 1. The molecular formula is C26H35BN6O2. The summed E-state index contributed by atoms with van der Waals surface area (Å²) < 4.78 is 0. The highest BCUT2D eigenvalue weighted by Gasteiger charge is 2.49. The number of hydrogen-bond donors (Lipinski definition) is 5. The van der Waals surface area contributed by atoms with Crippen LogP contribution in [-0.2, 0) is 0 Å². The third-order valence-corrected chi connectivity index (χ3v) is 8.33. The second-order valence-corrected chi connectivity index (χ2v) is 10.6. The first-order chi connectivity index (χ1) is 16.8. The van der Waals surface area contributed by atoms with E-state index in [0.717, 1.165) is 51.0 Å². The van der Waals surface area contributed by atoms with E-state index >= 15 is 0 Å². The summed E-state index contributed by atoms with van der Waals surface area (Å²) >= 11 is 0. The molecule has 3 saturated heterocycles. The zero-order chi connectivity index (χ0) is 24.6. The number of nitrogens with zero attached hydrogens (tertiary/aromatic N) is 1. The molecule has 1 aromatic carbocycles. The van der Waals surface area contributed by atoms with E-state index < -0.39 is 0 Å². The normalized spacial score (nSPS) is 19.8. The molecule has 0 unspecified atom stereocenters. The van der Waals surface area contributed by atoms with Crippen LogP contribution in [0.3, 0.4) is 0 Å². The van der Waals surface area contributed by atoms with Crippen LogP contribution in [0.25, 0.3) is 0 Å². The zero-order valence-corrected chi connectivity index (χ0v) is 20.7. The molecule has 3 aliphatic heterocycles. The minimum Gasteiger partial charge on any atom is -0.379 e. The van der Waals surface area contributed by atoms with Crippen LogP contribution in [-0.4, -0.2) is 60.6 Å². The van der Waals surface area contributed by atoms with Crippen LogP contribution in [0.1, 0.15) is 47.7 Å². The molecule has 3 fully saturated rings. The van der Waals surface area contributed by atoms with Gasteiger partial charge in [0.15, 0.2) is 0 Å². The van der Waals surface area contributed by atoms with E-state index in [1.165, 1.54) is 19.9 Å². The fraction of sp³-hybridized carbons (Fsp3) is 0.500. The Morgan fingerprint density at radius 1 is 1.20 bits per heavy atom. The standard InChI is InChI=1S/C26H35BN6O2/c1-3-26(7-10-29-11-8-26)32-20-6-9-30-23(34)21(20)22(28)31-18-4-5-19(17(2)12-18)24(35)33-15-25(16-33)13-27-14-25/h4-6,9,12,27,29H,3,7-8,10-11,13-16H2,1-2H3,(H2,28,31)(H2,30,32,34). The van der Waals surface area contributed by atoms with E-state index in [-0.39, 0.29) is 22.8 Å². The van der Waals surface area contributed by atoms with Crippen molar-refractivity contribution in [3.05, 3.63) is 57.5 Å². The van der Waals surface area contributed by atoms with Gasteiger partial charge in [-0.3, -0.25) is 15.0 Å². The predicted octanol–water partition coefficient (Wildman–Crippen LogP) is 2.79. The van der Waals surface area contributed by atoms with Crippen LogP contribution in [0, 0.1) is 17.7 Å². The molecule has 1 aromatic heterocycles. The number of nitrogens with one attached hydrogen (secondary N) is 5. The van der Waals surface area contributed by atoms with Gasteiger partial charge in [0.2, 0.25) is 0 Å². The number of aryl methyl sites for hydroxylation is 1. The van der Waals surface area contributed by atoms with Gasteiger partial charge in [-0.15, -0.1) is 0 Å². The number of benzene rings is 1. The van der Waals surface area contributed by atoms with Gasteiger partial charge in [-0.1, -0.05) is 19.6 Å². The van der Waals surface area contributed by atoms with E-state index in [1.54, 1.807) is 6.20 Å². The van der Waals surface area contributed by atoms with Gasteiger partial charge in [-0.2, -0.15) is 0 Å². The Labute approximate surface area is 207 Å². The average molecular weight is 474 g/mol. The Morgan fingerprint density at radius 2 is 1.94 bits per heavy atom. The van der Waals surface area contributed by atoms with E-state index in [1.807, 2.05) is 36.1 Å². The van der Waals surface area contributed by atoms with Gasteiger partial charge in [-0.05, 0) is 74.5 Å². The molecule has 0 atom stereocenters. The topological polar surface area (TPSA) is 113 Å². The summed E-state index contributed by atoms with van der Waals surface area (Å²) in [4.78, 5) is 30.4. The minimum absolute atomic E-state index is 0.0303. The molecule has 5 N–H and O–H groups in total. The maximum Gasteiger partial charge on any atom is 0.261 e. The number of likely N-dealkylation sites (tertiary alicyclic amines) is 1. The van der Waals surface area contributed by atoms with Gasteiger partial charge in [0, 0.05) is 36.1 Å². The molecule has 3 aliphatic rings. The molecule has 35 heavy (non-hydrogen) atoms. The van der Waals surface area contributed by atoms with Crippen LogP contribution in [0.2, 0.25) is 12.6 Å². The first-order valence-electron chi connectivity index (χ1n) is 12.8. The molecule has 5 rings (SSSR count). The Kier molecular flexibility index (Phi) is 6.21. The Hall–Kier alpha value is -3.07. The molecule has 9 heteroatoms. The van der Waals surface area contributed by atoms with E-state index in [4.69, 9.17) is 5.41 Å². The van der Waals surface area contributed by atoms with E-state index in [9.17, 15) is 9.59 Å². The van der Waals surface area contributed by atoms with Crippen molar-refractivity contribution < 1.29 is 4.79 Å². The summed E-state index contributed by atoms with van der Waals surface area (Å²) in [5.74, 6) is 0.113. The quantitative estimate of drug-likeness (QED) is 0.251. The Morgan fingerprint density at radius 3 is 2.57 bits per heavy atom. The van der Waals surface area contributed by atoms with Crippen LogP contribution in [0.15, 0.2) is 35.3 Å². The lowest BCUT2D eigenvalue weighted by Gasteiger charge is -2.55. The highest BCUT2D eigenvalue weighted by atomic mass is 16.2. The smallest absolute Gasteiger partial charge is 0.261 e. The second kappa shape index (κ2) is 9.19. The number of aromatic amines is 1. The average Bonchev–Trinajstić information content (AvgIpc) is 2.78. The van der Waals surface area contributed by atoms with Crippen LogP contribution in [0.4, 0.5) is 11.4 Å². The highest BCUT2D eigenvalue weighted by molar-refractivity contribution is 6.40. The number of H-pyrrole nitrogens is 1. The van der Waals surface area contributed by atoms with Crippen molar-refractivity contribution in [2.24, 2.45) is 5.41 Å². The number of carbonyl (C=O) groups is 1. The van der Waals surface area contributed by atoms with Gasteiger partial charge in [0.05, 0.1) is 5.69 Å². The molecule has 0 saturated carbocycles. The number of amides is 1. The van der Waals surface area contributed by atoms with Gasteiger partial charge in [0.1, 0.15) is 18.7 Å². The van der Waals surface area contributed by atoms with E-state index in [2.05, 4.69) is 27.9 Å². The SMILES string of the molecule is CCC1(Nc2cc[nH]c(=O)c2C(=N)Nc2ccc(C(=O)N3CC4(CBC4)C3)c(C)c2)CCNCC1. The molecule has 1 amide bonds. The summed E-state index contributed by atoms with van der Waals surface area (Å²) in [6.07, 6.45) is 6.97. The van der Waals surface area contributed by atoms with Crippen LogP contribution >= 0.6 is 0 Å². The minimum atomic E-state index is -0.307. The van der Waals surface area contributed by atoms with E-state index in [0.29, 0.717) is 27.9 Å². The summed E-state index contributed by atoms with van der Waals surface area (Å²) in [5, 5.41) is 18.8. The molecule has 0 aliphatic carbocycles. The molecule has 0 radical (unpaired) electrons. The third kappa shape index (κ3) is 4.49. The van der Waals surface area contributed by atoms with Crippen LogP contribution in [0.5, 0.6) is 0 Å². The fourth-order valence-corrected chi connectivity index (χ4v) is 5.85. The lowest BCUT2D eigenvalue weighted by molar-refractivity contribution is 0.0165. The summed E-state index contributed by atoms with van der Waals surface area (Å²) in [6, 6.07) is 7.36. The molecule has 1 spiro atoms. The zero-order valence-electron chi connectivity index (χ0n) is 20.7. The van der Waals surface area contributed by atoms with Crippen molar-refractivity contribution in [1.82, 2.24) is 15.2 Å². The molecular weight excluding hydrogens is 439 g/mol. The van der Waals surface area contributed by atoms with Crippen LogP contribution < -0.4 is 21.5 Å². The van der Waals surface area contributed by atoms with Gasteiger partial charge < -0.3 is 25.8 Å². The Bertz CT molecular complexity index is 1190. The number of aromatic nitrogens is 1. The highest BCUT2D eigenvalue weighted by Crippen LogP contribution is 2.46. The number of amidine groups is 1. The maximum absolute atomic E-state index is 13.0. The van der Waals surface area contributed by atoms with Crippen molar-refractivity contribution in [2.75, 3.05) is 36.8 Å². The lowest BCUT2D eigenvalue weighted by Crippen LogP contribution is -2.62. The number of piperidine rings is 1. The Balaban J connectivity index is 1.31. The number of carbonyl (C=O) groups excluding carboxylic acids is 1. The molecule has 2 aromatic rings. The number of anilines is 2. The molecule has 8 nitrogen and oxygen atoms in total. The van der Waals surface area contributed by atoms with Crippen molar-refractivity contribution in [3.8, 4) is 0 Å². The monoisotopic (exact) mass is 474 g/mol. The predicted molar refractivity (Wildman–Crippen MR) is 143 cm³/mol. The van der Waals surface area contributed by atoms with Crippen molar-refractivity contribution in [3.63, 3.8) is 0 Å². The maximum atomic E-state index is 13.0. The van der Waals surface area contributed by atoms with Crippen molar-refractivity contribution in [1.29, 1.82) is 5.41 Å². The summed E-state index contributed by atoms with van der Waals surface area (Å²) in [6.45, 7) is 7.68. The van der Waals surface area contributed by atoms with Gasteiger partial charge in [-0.25, -0.2) is 0 Å². The first-order valence-corrected chi connectivity index (χ1v) is 12.8. The van der Waals surface area contributed by atoms with Gasteiger partial charge in [0.25, 0.3) is 11.5 Å². The molecule has 0 bridgehead atoms. The lowest BCUT2D eigenvalue weighted by atomic mass is 9.40. The fourth-order valence-electron chi connectivity index (χ4n) is 5.85.